The van der Waals surface area contributed by atoms with Gasteiger partial charge in [-0.2, -0.15) is 0 Å². The largest absolute Gasteiger partial charge is 0.507 e. The molecule has 1 aromatic carbocycles. The van der Waals surface area contributed by atoms with Crippen LogP contribution in [-0.2, 0) is 0 Å². The number of carbonyl (C=O) groups excluding carboxylic acids is 2. The van der Waals surface area contributed by atoms with Gasteiger partial charge in [0.25, 0.3) is 5.91 Å². The highest BCUT2D eigenvalue weighted by atomic mass is 79.9. The predicted octanol–water partition coefficient (Wildman–Crippen LogP) is 4.46. The Hall–Kier alpha value is -2.41. The summed E-state index contributed by atoms with van der Waals surface area (Å²) < 4.78 is 6.30. The smallest absolute Gasteiger partial charge is 0.256 e. The molecule has 0 radical (unpaired) electrons. The lowest BCUT2D eigenvalue weighted by Gasteiger charge is -2.35. The van der Waals surface area contributed by atoms with Gasteiger partial charge in [0.05, 0.1) is 17.2 Å². The van der Waals surface area contributed by atoms with Crippen LogP contribution in [0.25, 0.3) is 0 Å². The third-order valence-corrected chi connectivity index (χ3v) is 5.10. The van der Waals surface area contributed by atoms with Crippen molar-refractivity contribution in [2.45, 2.75) is 39.2 Å². The quantitative estimate of drug-likeness (QED) is 0.539. The van der Waals surface area contributed by atoms with Crippen LogP contribution in [0, 0.1) is 0 Å². The van der Waals surface area contributed by atoms with E-state index in [1.165, 1.54) is 6.07 Å². The van der Waals surface area contributed by atoms with Crippen LogP contribution >= 0.6 is 15.9 Å². The van der Waals surface area contributed by atoms with Crippen LogP contribution in [0.1, 0.15) is 53.8 Å². The third-order valence-electron chi connectivity index (χ3n) is 4.47. The lowest BCUT2D eigenvalue weighted by Crippen LogP contribution is -2.46. The van der Waals surface area contributed by atoms with Crippen LogP contribution in [0.5, 0.6) is 11.5 Å². The molecule has 0 spiro atoms. The van der Waals surface area contributed by atoms with Gasteiger partial charge in [-0.15, -0.1) is 0 Å². The first kappa shape index (κ1) is 21.9. The van der Waals surface area contributed by atoms with Gasteiger partial charge in [0.15, 0.2) is 6.29 Å². The number of pyridine rings is 1. The number of rotatable bonds is 5. The van der Waals surface area contributed by atoms with E-state index < -0.39 is 0 Å². The maximum Gasteiger partial charge on any atom is 0.256 e. The normalized spacial score (nSPS) is 16.0. The number of amides is 1. The number of likely N-dealkylation sites (tertiary alicyclic amines) is 1. The fourth-order valence-electron chi connectivity index (χ4n) is 3.10. The summed E-state index contributed by atoms with van der Waals surface area (Å²) >= 11 is 3.33. The van der Waals surface area contributed by atoms with Crippen LogP contribution in [-0.4, -0.2) is 46.4 Å². The topological polar surface area (TPSA) is 79.7 Å². The van der Waals surface area contributed by atoms with Gasteiger partial charge in [-0.3, -0.25) is 9.59 Å². The standard InChI is InChI=1S/C19H19BrN2O4.C2H6/c20-18-14(6-4-9-21-18)19(25)22-10-2-1-5-13(22)12-26-17-8-3-7-16(24)15(17)11-23;1-2/h3-4,6-9,11,13,24H,1-2,5,10,12H2;1-2H3. The molecule has 7 heteroatoms. The number of ether oxygens (including phenoxy) is 1. The van der Waals surface area contributed by atoms with E-state index in [-0.39, 0.29) is 29.9 Å². The predicted molar refractivity (Wildman–Crippen MR) is 111 cm³/mol. The Morgan fingerprint density at radius 1 is 1.32 bits per heavy atom. The first-order valence-corrected chi connectivity index (χ1v) is 10.2. The number of benzene rings is 1. The summed E-state index contributed by atoms with van der Waals surface area (Å²) in [5.74, 6) is 0.110. The zero-order chi connectivity index (χ0) is 20.5. The maximum absolute atomic E-state index is 12.9. The highest BCUT2D eigenvalue weighted by molar-refractivity contribution is 9.10. The van der Waals surface area contributed by atoms with Gasteiger partial charge in [-0.05, 0) is 59.5 Å². The van der Waals surface area contributed by atoms with Crippen LogP contribution in [0.3, 0.4) is 0 Å². The molecule has 0 saturated carbocycles. The van der Waals surface area contributed by atoms with Crippen molar-refractivity contribution in [2.24, 2.45) is 0 Å². The summed E-state index contributed by atoms with van der Waals surface area (Å²) in [5.41, 5.74) is 0.640. The second-order valence-electron chi connectivity index (χ2n) is 6.11. The van der Waals surface area contributed by atoms with Gasteiger partial charge in [0.1, 0.15) is 22.7 Å². The summed E-state index contributed by atoms with van der Waals surface area (Å²) in [5, 5.41) is 9.76. The van der Waals surface area contributed by atoms with E-state index in [1.807, 2.05) is 13.8 Å². The highest BCUT2D eigenvalue weighted by Gasteiger charge is 2.29. The fourth-order valence-corrected chi connectivity index (χ4v) is 3.52. The van der Waals surface area contributed by atoms with E-state index in [2.05, 4.69) is 20.9 Å². The van der Waals surface area contributed by atoms with Gasteiger partial charge >= 0.3 is 0 Å². The maximum atomic E-state index is 12.9. The third kappa shape index (κ3) is 5.10. The molecule has 150 valence electrons. The first-order chi connectivity index (χ1) is 13.6. The minimum atomic E-state index is -0.117. The second kappa shape index (κ2) is 10.8. The number of carbonyl (C=O) groups is 2. The summed E-state index contributed by atoms with van der Waals surface area (Å²) in [4.78, 5) is 30.0. The SMILES string of the molecule is CC.O=Cc1c(O)cccc1OCC1CCCCN1C(=O)c1cccnc1Br. The van der Waals surface area contributed by atoms with Crippen LogP contribution in [0.15, 0.2) is 41.1 Å². The van der Waals surface area contributed by atoms with Gasteiger partial charge in [-0.1, -0.05) is 19.9 Å². The summed E-state index contributed by atoms with van der Waals surface area (Å²) in [6.07, 6.45) is 4.96. The van der Waals surface area contributed by atoms with Crippen molar-refractivity contribution in [1.29, 1.82) is 0 Å². The number of piperidine rings is 1. The van der Waals surface area contributed by atoms with Gasteiger partial charge in [0.2, 0.25) is 0 Å². The number of phenols is 1. The first-order valence-electron chi connectivity index (χ1n) is 9.43. The zero-order valence-corrected chi connectivity index (χ0v) is 17.7. The molecule has 1 saturated heterocycles. The molecule has 1 aromatic heterocycles. The number of aromatic nitrogens is 1. The molecular weight excluding hydrogens is 424 g/mol. The molecular formula is C21H25BrN2O4. The molecule has 1 unspecified atom stereocenters. The minimum Gasteiger partial charge on any atom is -0.507 e. The average Bonchev–Trinajstić information content (AvgIpc) is 2.74. The van der Waals surface area contributed by atoms with Crippen molar-refractivity contribution in [3.05, 3.63) is 52.3 Å². The lowest BCUT2D eigenvalue weighted by molar-refractivity contribution is 0.0525. The highest BCUT2D eigenvalue weighted by Crippen LogP contribution is 2.27. The van der Waals surface area contributed by atoms with E-state index in [0.29, 0.717) is 28.7 Å². The Morgan fingerprint density at radius 2 is 2.11 bits per heavy atom. The number of halogens is 1. The molecule has 1 amide bonds. The van der Waals surface area contributed by atoms with Crippen LogP contribution in [0.4, 0.5) is 0 Å². The Labute approximate surface area is 173 Å². The van der Waals surface area contributed by atoms with E-state index in [9.17, 15) is 14.7 Å². The summed E-state index contributed by atoms with van der Waals surface area (Å²) in [6.45, 7) is 4.91. The molecule has 28 heavy (non-hydrogen) atoms. The molecule has 0 aliphatic carbocycles. The minimum absolute atomic E-state index is 0.0928. The molecule has 6 nitrogen and oxygen atoms in total. The number of phenolic OH excluding ortho intramolecular Hbond substituents is 1. The molecule has 2 heterocycles. The Morgan fingerprint density at radius 3 is 2.82 bits per heavy atom. The summed E-state index contributed by atoms with van der Waals surface area (Å²) in [6, 6.07) is 8.06. The van der Waals surface area contributed by atoms with Crippen molar-refractivity contribution in [3.8, 4) is 11.5 Å². The van der Waals surface area contributed by atoms with Crippen molar-refractivity contribution < 1.29 is 19.4 Å². The molecule has 3 rings (SSSR count). The van der Waals surface area contributed by atoms with Gasteiger partial charge < -0.3 is 14.7 Å². The average molecular weight is 449 g/mol. The molecule has 1 N–H and O–H groups in total. The van der Waals surface area contributed by atoms with Crippen LogP contribution in [0.2, 0.25) is 0 Å². The molecule has 1 aliphatic rings. The number of nitrogens with zero attached hydrogens (tertiary/aromatic N) is 2. The molecule has 1 aliphatic heterocycles. The molecule has 1 fully saturated rings. The van der Waals surface area contributed by atoms with Crippen LogP contribution < -0.4 is 4.74 Å². The number of aldehydes is 1. The number of hydrogen-bond acceptors (Lipinski definition) is 5. The zero-order valence-electron chi connectivity index (χ0n) is 16.1. The van der Waals surface area contributed by atoms with E-state index >= 15 is 0 Å². The van der Waals surface area contributed by atoms with Crippen molar-refractivity contribution in [1.82, 2.24) is 9.88 Å². The molecule has 0 bridgehead atoms. The lowest BCUT2D eigenvalue weighted by atomic mass is 10.0. The molecule has 2 aromatic rings. The van der Waals surface area contributed by atoms with E-state index in [1.54, 1.807) is 35.4 Å². The van der Waals surface area contributed by atoms with Crippen molar-refractivity contribution >= 4 is 28.1 Å². The monoisotopic (exact) mass is 448 g/mol. The fraction of sp³-hybridized carbons (Fsp3) is 0.381. The second-order valence-corrected chi connectivity index (χ2v) is 6.86. The van der Waals surface area contributed by atoms with E-state index in [0.717, 1.165) is 19.3 Å². The number of hydrogen-bond donors (Lipinski definition) is 1. The number of aromatic hydroxyl groups is 1. The van der Waals surface area contributed by atoms with Crippen molar-refractivity contribution in [3.63, 3.8) is 0 Å². The Bertz CT molecular complexity index is 813. The summed E-state index contributed by atoms with van der Waals surface area (Å²) in [7, 11) is 0. The van der Waals surface area contributed by atoms with E-state index in [4.69, 9.17) is 4.74 Å². The van der Waals surface area contributed by atoms with Crippen molar-refractivity contribution in [2.75, 3.05) is 13.2 Å². The Kier molecular flexibility index (Phi) is 8.44. The molecule has 1 atom stereocenters. The van der Waals surface area contributed by atoms with Gasteiger partial charge in [0, 0.05) is 12.7 Å². The Balaban J connectivity index is 0.00000136. The van der Waals surface area contributed by atoms with Gasteiger partial charge in [-0.25, -0.2) is 4.98 Å².